The molecule has 1 atom stereocenters. The SMILES string of the molecule is CC(C)NCc1cn(CC(C)C(N)=O)c2cc(Cl)ccc12. The number of aromatic nitrogens is 1. The van der Waals surface area contributed by atoms with Crippen molar-refractivity contribution >= 4 is 28.4 Å². The van der Waals surface area contributed by atoms with Crippen molar-refractivity contribution in [3.05, 3.63) is 35.0 Å². The van der Waals surface area contributed by atoms with Crippen LogP contribution in [0.5, 0.6) is 0 Å². The maximum Gasteiger partial charge on any atom is 0.222 e. The Morgan fingerprint density at radius 1 is 1.38 bits per heavy atom. The predicted octanol–water partition coefficient (Wildman–Crippen LogP) is 2.91. The van der Waals surface area contributed by atoms with E-state index in [9.17, 15) is 4.79 Å². The van der Waals surface area contributed by atoms with Gasteiger partial charge < -0.3 is 15.6 Å². The number of primary amides is 1. The second-order valence-corrected chi connectivity index (χ2v) is 6.24. The van der Waals surface area contributed by atoms with E-state index in [1.54, 1.807) is 0 Å². The van der Waals surface area contributed by atoms with E-state index in [-0.39, 0.29) is 11.8 Å². The van der Waals surface area contributed by atoms with Crippen LogP contribution in [0.25, 0.3) is 10.9 Å². The van der Waals surface area contributed by atoms with Crippen molar-refractivity contribution < 1.29 is 4.79 Å². The maximum absolute atomic E-state index is 11.3. The highest BCUT2D eigenvalue weighted by Gasteiger charge is 2.14. The molecule has 3 N–H and O–H groups in total. The molecule has 0 saturated carbocycles. The lowest BCUT2D eigenvalue weighted by Crippen LogP contribution is -2.24. The van der Waals surface area contributed by atoms with Crippen LogP contribution in [-0.4, -0.2) is 16.5 Å². The first-order valence-electron chi connectivity index (χ1n) is 7.18. The molecule has 1 unspecified atom stereocenters. The highest BCUT2D eigenvalue weighted by atomic mass is 35.5. The summed E-state index contributed by atoms with van der Waals surface area (Å²) >= 11 is 6.11. The van der Waals surface area contributed by atoms with Gasteiger partial charge in [-0.3, -0.25) is 4.79 Å². The second kappa shape index (κ2) is 6.50. The summed E-state index contributed by atoms with van der Waals surface area (Å²) in [4.78, 5) is 11.3. The zero-order valence-corrected chi connectivity index (χ0v) is 13.4. The summed E-state index contributed by atoms with van der Waals surface area (Å²) in [6.45, 7) is 7.42. The maximum atomic E-state index is 11.3. The fourth-order valence-corrected chi connectivity index (χ4v) is 2.50. The number of carbonyl (C=O) groups is 1. The number of carbonyl (C=O) groups excluding carboxylic acids is 1. The minimum absolute atomic E-state index is 0.217. The number of nitrogens with two attached hydrogens (primary N) is 1. The van der Waals surface area contributed by atoms with E-state index in [0.717, 1.165) is 17.4 Å². The van der Waals surface area contributed by atoms with E-state index in [4.69, 9.17) is 17.3 Å². The molecule has 114 valence electrons. The Hall–Kier alpha value is -1.52. The molecule has 5 heteroatoms. The van der Waals surface area contributed by atoms with Gasteiger partial charge in [-0.1, -0.05) is 38.4 Å². The van der Waals surface area contributed by atoms with Crippen LogP contribution in [0.4, 0.5) is 0 Å². The summed E-state index contributed by atoms with van der Waals surface area (Å²) in [5.41, 5.74) is 7.61. The first-order chi connectivity index (χ1) is 9.88. The smallest absolute Gasteiger partial charge is 0.222 e. The number of hydrogen-bond donors (Lipinski definition) is 2. The number of halogens is 1. The standard InChI is InChI=1S/C16H22ClN3O/c1-10(2)19-7-12-9-20(8-11(3)16(18)21)15-6-13(17)4-5-14(12)15/h4-6,9-11,19H,7-8H2,1-3H3,(H2,18,21). The molecule has 0 fully saturated rings. The van der Waals surface area contributed by atoms with Crippen LogP contribution in [0.3, 0.4) is 0 Å². The minimum Gasteiger partial charge on any atom is -0.369 e. The van der Waals surface area contributed by atoms with Gasteiger partial charge in [0.1, 0.15) is 0 Å². The van der Waals surface area contributed by atoms with E-state index in [1.807, 2.05) is 25.1 Å². The lowest BCUT2D eigenvalue weighted by Gasteiger charge is -2.10. The zero-order valence-electron chi connectivity index (χ0n) is 12.7. The first kappa shape index (κ1) is 15.9. The first-order valence-corrected chi connectivity index (χ1v) is 7.56. The third-order valence-corrected chi connectivity index (χ3v) is 3.82. The van der Waals surface area contributed by atoms with E-state index >= 15 is 0 Å². The molecule has 4 nitrogen and oxygen atoms in total. The number of nitrogens with one attached hydrogen (secondary N) is 1. The van der Waals surface area contributed by atoms with Crippen molar-refractivity contribution in [1.82, 2.24) is 9.88 Å². The third kappa shape index (κ3) is 3.77. The van der Waals surface area contributed by atoms with Crippen LogP contribution in [0.1, 0.15) is 26.3 Å². The topological polar surface area (TPSA) is 60.1 Å². The Labute approximate surface area is 130 Å². The lowest BCUT2D eigenvalue weighted by molar-refractivity contribution is -0.121. The number of hydrogen-bond acceptors (Lipinski definition) is 2. The fraction of sp³-hybridized carbons (Fsp3) is 0.438. The molecule has 0 aliphatic rings. The molecule has 1 amide bonds. The van der Waals surface area contributed by atoms with Gasteiger partial charge in [0.05, 0.1) is 5.92 Å². The normalized spacial score (nSPS) is 13.0. The fourth-order valence-electron chi connectivity index (χ4n) is 2.33. The second-order valence-electron chi connectivity index (χ2n) is 5.81. The molecule has 0 bridgehead atoms. The summed E-state index contributed by atoms with van der Waals surface area (Å²) in [6.07, 6.45) is 2.08. The molecule has 0 saturated heterocycles. The number of benzene rings is 1. The molecular formula is C16H22ClN3O. The Morgan fingerprint density at radius 3 is 2.71 bits per heavy atom. The molecule has 0 radical (unpaired) electrons. The Balaban J connectivity index is 2.39. The van der Waals surface area contributed by atoms with Crippen LogP contribution in [0, 0.1) is 5.92 Å². The van der Waals surface area contributed by atoms with Gasteiger partial charge in [0.2, 0.25) is 5.91 Å². The summed E-state index contributed by atoms with van der Waals surface area (Å²) in [7, 11) is 0. The average Bonchev–Trinajstić information content (AvgIpc) is 2.73. The minimum atomic E-state index is -0.291. The van der Waals surface area contributed by atoms with Crippen molar-refractivity contribution in [3.8, 4) is 0 Å². The zero-order chi connectivity index (χ0) is 15.6. The van der Waals surface area contributed by atoms with Gasteiger partial charge in [-0.05, 0) is 17.7 Å². The van der Waals surface area contributed by atoms with Crippen LogP contribution < -0.4 is 11.1 Å². The highest BCUT2D eigenvalue weighted by Crippen LogP contribution is 2.25. The van der Waals surface area contributed by atoms with Crippen molar-refractivity contribution in [1.29, 1.82) is 0 Å². The molecule has 0 spiro atoms. The van der Waals surface area contributed by atoms with Gasteiger partial charge in [-0.2, -0.15) is 0 Å². The van der Waals surface area contributed by atoms with Crippen LogP contribution in [0.15, 0.2) is 24.4 Å². The van der Waals surface area contributed by atoms with Crippen molar-refractivity contribution in [2.75, 3.05) is 0 Å². The predicted molar refractivity (Wildman–Crippen MR) is 87.3 cm³/mol. The molecule has 1 aromatic heterocycles. The molecule has 0 aliphatic heterocycles. The van der Waals surface area contributed by atoms with Gasteiger partial charge in [-0.15, -0.1) is 0 Å². The molecule has 1 aromatic carbocycles. The summed E-state index contributed by atoms with van der Waals surface area (Å²) < 4.78 is 2.06. The van der Waals surface area contributed by atoms with Gasteiger partial charge in [0.25, 0.3) is 0 Å². The van der Waals surface area contributed by atoms with Crippen molar-refractivity contribution in [2.45, 2.75) is 39.9 Å². The summed E-state index contributed by atoms with van der Waals surface area (Å²) in [5.74, 6) is -0.508. The third-order valence-electron chi connectivity index (χ3n) is 3.58. The molecular weight excluding hydrogens is 286 g/mol. The van der Waals surface area contributed by atoms with Crippen molar-refractivity contribution in [2.24, 2.45) is 11.7 Å². The van der Waals surface area contributed by atoms with Crippen LogP contribution in [-0.2, 0) is 17.9 Å². The lowest BCUT2D eigenvalue weighted by atomic mass is 10.1. The number of rotatable bonds is 6. The van der Waals surface area contributed by atoms with Gasteiger partial charge in [0.15, 0.2) is 0 Å². The monoisotopic (exact) mass is 307 g/mol. The summed E-state index contributed by atoms with van der Waals surface area (Å²) in [5, 5.41) is 5.27. The van der Waals surface area contributed by atoms with E-state index < -0.39 is 0 Å². The number of amides is 1. The Kier molecular flexibility index (Phi) is 4.91. The molecule has 21 heavy (non-hydrogen) atoms. The van der Waals surface area contributed by atoms with Gasteiger partial charge in [-0.25, -0.2) is 0 Å². The molecule has 0 aliphatic carbocycles. The quantitative estimate of drug-likeness (QED) is 0.862. The van der Waals surface area contributed by atoms with E-state index in [0.29, 0.717) is 17.6 Å². The molecule has 2 rings (SSSR count). The Bertz CT molecular complexity index is 648. The average molecular weight is 308 g/mol. The van der Waals surface area contributed by atoms with Crippen molar-refractivity contribution in [3.63, 3.8) is 0 Å². The number of fused-ring (bicyclic) bond motifs is 1. The van der Waals surface area contributed by atoms with Gasteiger partial charge in [0, 0.05) is 41.3 Å². The summed E-state index contributed by atoms with van der Waals surface area (Å²) in [6, 6.07) is 6.27. The van der Waals surface area contributed by atoms with Crippen LogP contribution >= 0.6 is 11.6 Å². The number of nitrogens with zero attached hydrogens (tertiary/aromatic N) is 1. The Morgan fingerprint density at radius 2 is 2.10 bits per heavy atom. The van der Waals surface area contributed by atoms with Crippen LogP contribution in [0.2, 0.25) is 5.02 Å². The van der Waals surface area contributed by atoms with Gasteiger partial charge >= 0.3 is 0 Å². The largest absolute Gasteiger partial charge is 0.369 e. The van der Waals surface area contributed by atoms with E-state index in [2.05, 4.69) is 29.9 Å². The van der Waals surface area contributed by atoms with E-state index in [1.165, 1.54) is 5.56 Å². The highest BCUT2D eigenvalue weighted by molar-refractivity contribution is 6.31. The molecule has 1 heterocycles. The molecule has 2 aromatic rings.